The summed E-state index contributed by atoms with van der Waals surface area (Å²) >= 11 is 9.43. The van der Waals surface area contributed by atoms with Gasteiger partial charge in [-0.2, -0.15) is 0 Å². The van der Waals surface area contributed by atoms with E-state index < -0.39 is 0 Å². The van der Waals surface area contributed by atoms with E-state index in [1.165, 1.54) is 6.42 Å². The van der Waals surface area contributed by atoms with Crippen molar-refractivity contribution in [3.8, 4) is 0 Å². The van der Waals surface area contributed by atoms with Gasteiger partial charge < -0.3 is 10.2 Å². The number of carbonyl (C=O) groups is 1. The first-order valence-corrected chi connectivity index (χ1v) is 7.75. The Labute approximate surface area is 127 Å². The van der Waals surface area contributed by atoms with Gasteiger partial charge in [0, 0.05) is 22.6 Å². The van der Waals surface area contributed by atoms with Gasteiger partial charge in [-0.3, -0.25) is 4.79 Å². The van der Waals surface area contributed by atoms with Gasteiger partial charge in [-0.1, -0.05) is 11.6 Å². The molecule has 0 aromatic heterocycles. The maximum Gasteiger partial charge on any atom is 0.244 e. The molecule has 0 bridgehead atoms. The second-order valence-electron chi connectivity index (χ2n) is 4.88. The summed E-state index contributed by atoms with van der Waals surface area (Å²) in [5.74, 6) is 0.159. The third-order valence-electron chi connectivity index (χ3n) is 3.34. The van der Waals surface area contributed by atoms with Gasteiger partial charge in [0.05, 0.1) is 5.69 Å². The average molecular weight is 346 g/mol. The zero-order chi connectivity index (χ0) is 13.8. The molecule has 1 aliphatic rings. The van der Waals surface area contributed by atoms with E-state index in [-0.39, 0.29) is 11.9 Å². The first kappa shape index (κ1) is 14.7. The second-order valence-corrected chi connectivity index (χ2v) is 6.17. The lowest BCUT2D eigenvalue weighted by Crippen LogP contribution is -2.43. The summed E-state index contributed by atoms with van der Waals surface area (Å²) in [6.07, 6.45) is 3.45. The number of amides is 1. The third-order valence-corrected chi connectivity index (χ3v) is 4.27. The number of benzene rings is 1. The van der Waals surface area contributed by atoms with Crippen LogP contribution in [0.5, 0.6) is 0 Å². The highest BCUT2D eigenvalue weighted by atomic mass is 79.9. The van der Waals surface area contributed by atoms with Gasteiger partial charge >= 0.3 is 0 Å². The number of nitrogens with zero attached hydrogens (tertiary/aromatic N) is 1. The molecule has 5 heteroatoms. The Morgan fingerprint density at radius 1 is 1.37 bits per heavy atom. The lowest BCUT2D eigenvalue weighted by molar-refractivity contribution is -0.132. The van der Waals surface area contributed by atoms with Crippen molar-refractivity contribution in [1.29, 1.82) is 0 Å². The summed E-state index contributed by atoms with van der Waals surface area (Å²) in [5, 5.41) is 3.88. The van der Waals surface area contributed by atoms with E-state index in [9.17, 15) is 4.79 Å². The summed E-state index contributed by atoms with van der Waals surface area (Å²) in [6, 6.07) is 5.27. The Hall–Kier alpha value is -0.740. The van der Waals surface area contributed by atoms with Gasteiger partial charge in [0.1, 0.15) is 6.04 Å². The molecule has 3 nitrogen and oxygen atoms in total. The number of rotatable bonds is 3. The van der Waals surface area contributed by atoms with Crippen LogP contribution in [0.3, 0.4) is 0 Å². The van der Waals surface area contributed by atoms with E-state index in [0.29, 0.717) is 5.02 Å². The van der Waals surface area contributed by atoms with Crippen molar-refractivity contribution < 1.29 is 4.79 Å². The van der Waals surface area contributed by atoms with E-state index in [4.69, 9.17) is 11.6 Å². The van der Waals surface area contributed by atoms with Gasteiger partial charge in [0.15, 0.2) is 0 Å². The van der Waals surface area contributed by atoms with Gasteiger partial charge in [-0.05, 0) is 60.3 Å². The monoisotopic (exact) mass is 344 g/mol. The molecule has 104 valence electrons. The normalized spacial score (nSPS) is 17.1. The molecule has 1 fully saturated rings. The number of nitrogens with one attached hydrogen (secondary N) is 1. The summed E-state index contributed by atoms with van der Waals surface area (Å²) < 4.78 is 0.912. The molecule has 1 aromatic carbocycles. The van der Waals surface area contributed by atoms with E-state index in [2.05, 4.69) is 21.2 Å². The van der Waals surface area contributed by atoms with Crippen LogP contribution in [0.4, 0.5) is 5.69 Å². The van der Waals surface area contributed by atoms with Gasteiger partial charge in [0.25, 0.3) is 0 Å². The Kier molecular flexibility index (Phi) is 5.11. The van der Waals surface area contributed by atoms with Crippen molar-refractivity contribution in [3.63, 3.8) is 0 Å². The number of halogens is 2. The van der Waals surface area contributed by atoms with Crippen LogP contribution in [-0.4, -0.2) is 29.9 Å². The van der Waals surface area contributed by atoms with Crippen molar-refractivity contribution >= 4 is 39.1 Å². The van der Waals surface area contributed by atoms with Gasteiger partial charge in [0.2, 0.25) is 5.91 Å². The Morgan fingerprint density at radius 3 is 2.74 bits per heavy atom. The second kappa shape index (κ2) is 6.62. The Balaban J connectivity index is 2.01. The Bertz CT molecular complexity index is 461. The highest BCUT2D eigenvalue weighted by Gasteiger charge is 2.22. The van der Waals surface area contributed by atoms with Crippen LogP contribution in [0.25, 0.3) is 0 Å². The van der Waals surface area contributed by atoms with Crippen molar-refractivity contribution in [2.24, 2.45) is 0 Å². The number of anilines is 1. The molecule has 1 heterocycles. The lowest BCUT2D eigenvalue weighted by Gasteiger charge is -2.30. The van der Waals surface area contributed by atoms with Gasteiger partial charge in [-0.15, -0.1) is 0 Å². The van der Waals surface area contributed by atoms with E-state index >= 15 is 0 Å². The smallest absolute Gasteiger partial charge is 0.244 e. The molecule has 1 atom stereocenters. The van der Waals surface area contributed by atoms with E-state index in [1.807, 2.05) is 30.0 Å². The third kappa shape index (κ3) is 3.86. The highest BCUT2D eigenvalue weighted by Crippen LogP contribution is 2.26. The highest BCUT2D eigenvalue weighted by molar-refractivity contribution is 9.10. The predicted octanol–water partition coefficient (Wildman–Crippen LogP) is 3.92. The van der Waals surface area contributed by atoms with Crippen LogP contribution in [0.1, 0.15) is 26.2 Å². The molecule has 0 radical (unpaired) electrons. The van der Waals surface area contributed by atoms with Crippen LogP contribution < -0.4 is 5.32 Å². The molecule has 0 spiro atoms. The number of hydrogen-bond acceptors (Lipinski definition) is 2. The standard InChI is InChI=1S/C14H18BrClN2O/c1-10(14(19)18-7-3-2-4-8-18)17-13-9-11(16)5-6-12(13)15/h5-6,9-10,17H,2-4,7-8H2,1H3. The van der Waals surface area contributed by atoms with Crippen LogP contribution in [0.2, 0.25) is 5.02 Å². The number of carbonyl (C=O) groups excluding carboxylic acids is 1. The van der Waals surface area contributed by atoms with Gasteiger partial charge in [-0.25, -0.2) is 0 Å². The van der Waals surface area contributed by atoms with Crippen molar-refractivity contribution in [2.75, 3.05) is 18.4 Å². The molecule has 1 unspecified atom stereocenters. The van der Waals surface area contributed by atoms with Crippen molar-refractivity contribution in [2.45, 2.75) is 32.2 Å². The Morgan fingerprint density at radius 2 is 2.05 bits per heavy atom. The molecule has 1 saturated heterocycles. The maximum atomic E-state index is 12.3. The SMILES string of the molecule is CC(Nc1cc(Cl)ccc1Br)C(=O)N1CCCCC1. The molecular formula is C14H18BrClN2O. The number of piperidine rings is 1. The van der Waals surface area contributed by atoms with E-state index in [0.717, 1.165) is 36.1 Å². The largest absolute Gasteiger partial charge is 0.373 e. The zero-order valence-electron chi connectivity index (χ0n) is 11.0. The quantitative estimate of drug-likeness (QED) is 0.900. The maximum absolute atomic E-state index is 12.3. The van der Waals surface area contributed by atoms with Crippen molar-refractivity contribution in [3.05, 3.63) is 27.7 Å². The molecule has 1 aliphatic heterocycles. The number of hydrogen-bond donors (Lipinski definition) is 1. The van der Waals surface area contributed by atoms with Crippen LogP contribution in [-0.2, 0) is 4.79 Å². The molecule has 1 aromatic rings. The van der Waals surface area contributed by atoms with Crippen LogP contribution in [0, 0.1) is 0 Å². The molecule has 0 saturated carbocycles. The molecule has 0 aliphatic carbocycles. The minimum Gasteiger partial charge on any atom is -0.373 e. The van der Waals surface area contributed by atoms with Crippen molar-refractivity contribution in [1.82, 2.24) is 4.90 Å². The average Bonchev–Trinajstić information content (AvgIpc) is 2.43. The fraction of sp³-hybridized carbons (Fsp3) is 0.500. The van der Waals surface area contributed by atoms with Crippen LogP contribution >= 0.6 is 27.5 Å². The molecule has 1 amide bonds. The van der Waals surface area contributed by atoms with Crippen LogP contribution in [0.15, 0.2) is 22.7 Å². The predicted molar refractivity (Wildman–Crippen MR) is 82.7 cm³/mol. The first-order chi connectivity index (χ1) is 9.08. The topological polar surface area (TPSA) is 32.3 Å². The minimum atomic E-state index is -0.243. The molecule has 19 heavy (non-hydrogen) atoms. The lowest BCUT2D eigenvalue weighted by atomic mass is 10.1. The summed E-state index contributed by atoms with van der Waals surface area (Å²) in [4.78, 5) is 14.3. The molecule has 1 N–H and O–H groups in total. The summed E-state index contributed by atoms with van der Waals surface area (Å²) in [7, 11) is 0. The fourth-order valence-corrected chi connectivity index (χ4v) is 2.82. The fourth-order valence-electron chi connectivity index (χ4n) is 2.29. The summed E-state index contributed by atoms with van der Waals surface area (Å²) in [6.45, 7) is 3.65. The molecular weight excluding hydrogens is 328 g/mol. The molecule has 2 rings (SSSR count). The zero-order valence-corrected chi connectivity index (χ0v) is 13.3. The minimum absolute atomic E-state index is 0.159. The first-order valence-electron chi connectivity index (χ1n) is 6.58. The number of likely N-dealkylation sites (tertiary alicyclic amines) is 1. The summed E-state index contributed by atoms with van der Waals surface area (Å²) in [5.41, 5.74) is 0.852. The van der Waals surface area contributed by atoms with E-state index in [1.54, 1.807) is 0 Å².